The Balaban J connectivity index is 1.64. The molecule has 34 heavy (non-hydrogen) atoms. The molecule has 1 saturated heterocycles. The van der Waals surface area contributed by atoms with Gasteiger partial charge in [-0.05, 0) is 55.3 Å². The lowest BCUT2D eigenvalue weighted by Crippen LogP contribution is -2.28. The molecule has 0 radical (unpaired) electrons. The third-order valence-electron chi connectivity index (χ3n) is 5.24. The van der Waals surface area contributed by atoms with Crippen molar-refractivity contribution < 1.29 is 32.3 Å². The highest BCUT2D eigenvalue weighted by Crippen LogP contribution is 2.30. The van der Waals surface area contributed by atoms with Crippen molar-refractivity contribution >= 4 is 33.5 Å². The molecule has 1 fully saturated rings. The number of anilines is 1. The Bertz CT molecular complexity index is 1170. The van der Waals surface area contributed by atoms with Gasteiger partial charge in [0, 0.05) is 38.4 Å². The van der Waals surface area contributed by atoms with Crippen LogP contribution in [0.15, 0.2) is 47.4 Å². The summed E-state index contributed by atoms with van der Waals surface area (Å²) < 4.78 is 37.5. The Labute approximate surface area is 198 Å². The normalized spacial score (nSPS) is 13.9. The minimum absolute atomic E-state index is 0.0158. The lowest BCUT2D eigenvalue weighted by atomic mass is 10.2. The van der Waals surface area contributed by atoms with Gasteiger partial charge in [0.1, 0.15) is 10.6 Å². The summed E-state index contributed by atoms with van der Waals surface area (Å²) in [5.41, 5.74) is 0.881. The highest BCUT2D eigenvalue weighted by atomic mass is 32.2. The maximum atomic E-state index is 13.0. The fourth-order valence-electron chi connectivity index (χ4n) is 3.44. The largest absolute Gasteiger partial charge is 0.495 e. The lowest BCUT2D eigenvalue weighted by Gasteiger charge is -2.18. The maximum absolute atomic E-state index is 13.0. The van der Waals surface area contributed by atoms with Gasteiger partial charge >= 0.3 is 5.97 Å². The number of hydrogen-bond donors (Lipinski definition) is 1. The van der Waals surface area contributed by atoms with E-state index in [1.54, 1.807) is 38.4 Å². The molecule has 0 saturated carbocycles. The molecule has 182 valence electrons. The molecule has 2 amide bonds. The summed E-state index contributed by atoms with van der Waals surface area (Å²) in [4.78, 5) is 37.9. The average Bonchev–Trinajstić information content (AvgIpc) is 3.38. The molecular weight excluding hydrogens is 462 g/mol. The van der Waals surface area contributed by atoms with Crippen LogP contribution in [0.2, 0.25) is 0 Å². The number of carbonyl (C=O) groups is 3. The summed E-state index contributed by atoms with van der Waals surface area (Å²) in [6, 6.07) is 10.2. The van der Waals surface area contributed by atoms with E-state index in [-0.39, 0.29) is 22.1 Å². The highest BCUT2D eigenvalue weighted by Gasteiger charge is 2.31. The second kappa shape index (κ2) is 10.7. The Kier molecular flexibility index (Phi) is 7.90. The van der Waals surface area contributed by atoms with Crippen molar-refractivity contribution in [1.82, 2.24) is 9.21 Å². The number of hydrogen-bond acceptors (Lipinski definition) is 7. The van der Waals surface area contributed by atoms with Crippen LogP contribution in [0.25, 0.3) is 0 Å². The zero-order valence-electron chi connectivity index (χ0n) is 19.2. The van der Waals surface area contributed by atoms with Crippen molar-refractivity contribution in [3.05, 3.63) is 53.6 Å². The monoisotopic (exact) mass is 489 g/mol. The zero-order valence-corrected chi connectivity index (χ0v) is 20.1. The van der Waals surface area contributed by atoms with E-state index < -0.39 is 28.5 Å². The van der Waals surface area contributed by atoms with Gasteiger partial charge in [0.15, 0.2) is 6.61 Å². The van der Waals surface area contributed by atoms with Gasteiger partial charge in [-0.15, -0.1) is 0 Å². The van der Waals surface area contributed by atoms with E-state index in [1.807, 2.05) is 0 Å². The summed E-state index contributed by atoms with van der Waals surface area (Å²) in [7, 11) is 0.798. The van der Waals surface area contributed by atoms with E-state index in [2.05, 4.69) is 5.32 Å². The smallest absolute Gasteiger partial charge is 0.338 e. The quantitative estimate of drug-likeness (QED) is 0.563. The summed E-state index contributed by atoms with van der Waals surface area (Å²) in [6.07, 6.45) is 1.54. The van der Waals surface area contributed by atoms with Gasteiger partial charge in [0.2, 0.25) is 10.0 Å². The van der Waals surface area contributed by atoms with Gasteiger partial charge in [-0.3, -0.25) is 9.59 Å². The molecule has 0 aliphatic carbocycles. The third kappa shape index (κ3) is 5.72. The number of nitrogens with one attached hydrogen (secondary N) is 1. The first kappa shape index (κ1) is 25.2. The number of amides is 2. The summed E-state index contributed by atoms with van der Waals surface area (Å²) >= 11 is 0. The maximum Gasteiger partial charge on any atom is 0.338 e. The molecule has 10 nitrogen and oxygen atoms in total. The van der Waals surface area contributed by atoms with Gasteiger partial charge in [-0.2, -0.15) is 4.31 Å². The SMILES string of the molecule is COc1ccc(C(=O)OCC(=O)Nc2ccc(C(=O)N(C)C)cc2)cc1S(=O)(=O)N1CCCC1. The Morgan fingerprint density at radius 1 is 1.00 bits per heavy atom. The van der Waals surface area contributed by atoms with E-state index in [0.29, 0.717) is 24.3 Å². The number of carbonyl (C=O) groups excluding carboxylic acids is 3. The van der Waals surface area contributed by atoms with Crippen LogP contribution in [0.5, 0.6) is 5.75 Å². The minimum atomic E-state index is -3.83. The van der Waals surface area contributed by atoms with Crippen LogP contribution in [0.4, 0.5) is 5.69 Å². The third-order valence-corrected chi connectivity index (χ3v) is 7.16. The fraction of sp³-hybridized carbons (Fsp3) is 0.348. The first-order valence-corrected chi connectivity index (χ1v) is 12.0. The Morgan fingerprint density at radius 3 is 2.21 bits per heavy atom. The number of sulfonamides is 1. The average molecular weight is 490 g/mol. The molecule has 0 aromatic heterocycles. The molecule has 11 heteroatoms. The predicted octanol–water partition coefficient (Wildman–Crippen LogP) is 1.98. The second-order valence-electron chi connectivity index (χ2n) is 7.88. The van der Waals surface area contributed by atoms with Crippen LogP contribution < -0.4 is 10.1 Å². The molecule has 0 atom stereocenters. The van der Waals surface area contributed by atoms with Crippen LogP contribution in [0.3, 0.4) is 0 Å². The minimum Gasteiger partial charge on any atom is -0.495 e. The summed E-state index contributed by atoms with van der Waals surface area (Å²) in [5, 5.41) is 2.57. The van der Waals surface area contributed by atoms with Crippen LogP contribution in [0, 0.1) is 0 Å². The molecule has 0 spiro atoms. The van der Waals surface area contributed by atoms with Crippen molar-refractivity contribution in [2.75, 3.05) is 46.2 Å². The van der Waals surface area contributed by atoms with Crippen molar-refractivity contribution in [2.45, 2.75) is 17.7 Å². The van der Waals surface area contributed by atoms with Crippen LogP contribution >= 0.6 is 0 Å². The lowest BCUT2D eigenvalue weighted by molar-refractivity contribution is -0.119. The molecule has 1 N–H and O–H groups in total. The molecule has 3 rings (SSSR count). The number of nitrogens with zero attached hydrogens (tertiary/aromatic N) is 2. The van der Waals surface area contributed by atoms with E-state index >= 15 is 0 Å². The summed E-state index contributed by atoms with van der Waals surface area (Å²) in [5.74, 6) is -1.48. The number of rotatable bonds is 8. The molecule has 1 aliphatic heterocycles. The number of methoxy groups -OCH3 is 1. The first-order valence-electron chi connectivity index (χ1n) is 10.6. The van der Waals surface area contributed by atoms with Crippen molar-refractivity contribution in [1.29, 1.82) is 0 Å². The van der Waals surface area contributed by atoms with Crippen LogP contribution in [-0.2, 0) is 19.6 Å². The van der Waals surface area contributed by atoms with Gasteiger partial charge < -0.3 is 19.7 Å². The van der Waals surface area contributed by atoms with Gasteiger partial charge in [0.25, 0.3) is 11.8 Å². The number of esters is 1. The standard InChI is InChI=1S/C23H27N3O7S/c1-25(2)22(28)16-6-9-18(10-7-16)24-21(27)15-33-23(29)17-8-11-19(32-3)20(14-17)34(30,31)26-12-4-5-13-26/h6-11,14H,4-5,12-13,15H2,1-3H3,(H,24,27). The molecule has 0 bridgehead atoms. The van der Waals surface area contributed by atoms with Gasteiger partial charge in [-0.25, -0.2) is 13.2 Å². The van der Waals surface area contributed by atoms with Crippen molar-refractivity contribution in [3.63, 3.8) is 0 Å². The Hall–Kier alpha value is -3.44. The first-order chi connectivity index (χ1) is 16.1. The predicted molar refractivity (Wildman–Crippen MR) is 124 cm³/mol. The molecule has 1 heterocycles. The molecule has 2 aromatic rings. The second-order valence-corrected chi connectivity index (χ2v) is 9.78. The van der Waals surface area contributed by atoms with E-state index in [1.165, 1.54) is 34.5 Å². The molecule has 2 aromatic carbocycles. The number of benzene rings is 2. The van der Waals surface area contributed by atoms with Crippen molar-refractivity contribution in [3.8, 4) is 5.75 Å². The van der Waals surface area contributed by atoms with E-state index in [0.717, 1.165) is 12.8 Å². The van der Waals surface area contributed by atoms with Crippen LogP contribution in [-0.4, -0.2) is 76.3 Å². The van der Waals surface area contributed by atoms with E-state index in [4.69, 9.17) is 9.47 Å². The van der Waals surface area contributed by atoms with Crippen molar-refractivity contribution in [2.24, 2.45) is 0 Å². The highest BCUT2D eigenvalue weighted by molar-refractivity contribution is 7.89. The molecule has 1 aliphatic rings. The topological polar surface area (TPSA) is 122 Å². The summed E-state index contributed by atoms with van der Waals surface area (Å²) in [6.45, 7) is 0.243. The Morgan fingerprint density at radius 2 is 1.62 bits per heavy atom. The van der Waals surface area contributed by atoms with E-state index in [9.17, 15) is 22.8 Å². The zero-order chi connectivity index (χ0) is 24.9. The number of ether oxygens (including phenoxy) is 2. The molecular formula is C23H27N3O7S. The molecule has 0 unspecified atom stereocenters. The van der Waals surface area contributed by atoms with Gasteiger partial charge in [0.05, 0.1) is 12.7 Å². The van der Waals surface area contributed by atoms with Crippen LogP contribution in [0.1, 0.15) is 33.6 Å². The van der Waals surface area contributed by atoms with Gasteiger partial charge in [-0.1, -0.05) is 0 Å². The fourth-order valence-corrected chi connectivity index (χ4v) is 5.14.